The summed E-state index contributed by atoms with van der Waals surface area (Å²) in [7, 11) is 1.34. The van der Waals surface area contributed by atoms with Gasteiger partial charge in [0.05, 0.1) is 24.6 Å². The summed E-state index contributed by atoms with van der Waals surface area (Å²) in [5.41, 5.74) is 1.58. The summed E-state index contributed by atoms with van der Waals surface area (Å²) in [6, 6.07) is 7.77. The predicted molar refractivity (Wildman–Crippen MR) is 105 cm³/mol. The minimum Gasteiger partial charge on any atom is -0.469 e. The minimum atomic E-state index is -0.337. The topological polar surface area (TPSA) is 86.1 Å². The van der Waals surface area contributed by atoms with Crippen LogP contribution in [0.3, 0.4) is 0 Å². The van der Waals surface area contributed by atoms with Crippen molar-refractivity contribution in [3.8, 4) is 0 Å². The van der Waals surface area contributed by atoms with Crippen molar-refractivity contribution >= 4 is 39.4 Å². The highest BCUT2D eigenvalue weighted by Gasteiger charge is 2.24. The fourth-order valence-electron chi connectivity index (χ4n) is 2.77. The van der Waals surface area contributed by atoms with E-state index >= 15 is 0 Å². The van der Waals surface area contributed by atoms with Gasteiger partial charge in [-0.2, -0.15) is 0 Å². The first-order valence-corrected chi connectivity index (χ1v) is 9.36. The summed E-state index contributed by atoms with van der Waals surface area (Å²) in [5.74, 6) is 0.322. The molecule has 142 valence electrons. The molecule has 0 unspecified atom stereocenters. The number of methoxy groups -OCH3 is 1. The molecule has 7 nitrogen and oxygen atoms in total. The van der Waals surface area contributed by atoms with Crippen LogP contribution in [0.2, 0.25) is 0 Å². The highest BCUT2D eigenvalue weighted by atomic mass is 32.1. The number of nitrogens with zero attached hydrogens (tertiary/aromatic N) is 3. The van der Waals surface area contributed by atoms with Crippen molar-refractivity contribution in [1.29, 1.82) is 0 Å². The van der Waals surface area contributed by atoms with Crippen LogP contribution in [0.15, 0.2) is 30.5 Å². The quantitative estimate of drug-likeness (QED) is 0.681. The van der Waals surface area contributed by atoms with Crippen molar-refractivity contribution < 1.29 is 14.3 Å². The molecule has 0 saturated carbocycles. The summed E-state index contributed by atoms with van der Waals surface area (Å²) < 4.78 is 6.58. The second kappa shape index (κ2) is 7.48. The number of imidazole rings is 1. The standard InChI is InChI=1S/C19H22N4O3S/c1-19(2,3)17-21-13-7-5-6-8-14(13)23(17)11-15(24)22-18-20-10-12(27-18)9-16(25)26-4/h5-8,10H,9,11H2,1-4H3,(H,20,22,24). The van der Waals surface area contributed by atoms with Crippen LogP contribution in [0, 0.1) is 0 Å². The highest BCUT2D eigenvalue weighted by molar-refractivity contribution is 7.15. The largest absolute Gasteiger partial charge is 0.469 e. The summed E-state index contributed by atoms with van der Waals surface area (Å²) in [4.78, 5) is 33.6. The zero-order valence-corrected chi connectivity index (χ0v) is 16.6. The summed E-state index contributed by atoms with van der Waals surface area (Å²) in [5, 5.41) is 3.26. The first kappa shape index (κ1) is 19.0. The average Bonchev–Trinajstić information content (AvgIpc) is 3.19. The second-order valence-electron chi connectivity index (χ2n) is 7.19. The maximum atomic E-state index is 12.6. The number of ether oxygens (including phenoxy) is 1. The highest BCUT2D eigenvalue weighted by Crippen LogP contribution is 2.26. The van der Waals surface area contributed by atoms with E-state index in [1.54, 1.807) is 6.20 Å². The van der Waals surface area contributed by atoms with Gasteiger partial charge in [0.1, 0.15) is 12.4 Å². The van der Waals surface area contributed by atoms with Crippen LogP contribution in [0.5, 0.6) is 0 Å². The first-order chi connectivity index (χ1) is 12.8. The zero-order chi connectivity index (χ0) is 19.6. The van der Waals surface area contributed by atoms with Crippen LogP contribution < -0.4 is 5.32 Å². The molecule has 1 amide bonds. The van der Waals surface area contributed by atoms with E-state index < -0.39 is 0 Å². The maximum Gasteiger partial charge on any atom is 0.310 e. The Hall–Kier alpha value is -2.74. The summed E-state index contributed by atoms with van der Waals surface area (Å²) >= 11 is 1.26. The molecule has 3 rings (SSSR count). The smallest absolute Gasteiger partial charge is 0.310 e. The average molecular weight is 386 g/mol. The second-order valence-corrected chi connectivity index (χ2v) is 8.31. The third kappa shape index (κ3) is 4.33. The Bertz CT molecular complexity index is 984. The van der Waals surface area contributed by atoms with Gasteiger partial charge in [-0.25, -0.2) is 9.97 Å². The Morgan fingerprint density at radius 3 is 2.70 bits per heavy atom. The lowest BCUT2D eigenvalue weighted by molar-refractivity contribution is -0.139. The lowest BCUT2D eigenvalue weighted by atomic mass is 9.95. The van der Waals surface area contributed by atoms with Crippen molar-refractivity contribution in [2.45, 2.75) is 39.2 Å². The fourth-order valence-corrected chi connectivity index (χ4v) is 3.59. The van der Waals surface area contributed by atoms with E-state index in [4.69, 9.17) is 4.98 Å². The number of amides is 1. The maximum absolute atomic E-state index is 12.6. The minimum absolute atomic E-state index is 0.138. The Balaban J connectivity index is 1.79. The van der Waals surface area contributed by atoms with Crippen LogP contribution in [-0.2, 0) is 32.7 Å². The molecule has 1 N–H and O–H groups in total. The molecule has 0 spiro atoms. The number of fused-ring (bicyclic) bond motifs is 1. The molecule has 0 fully saturated rings. The zero-order valence-electron chi connectivity index (χ0n) is 15.8. The van der Waals surface area contributed by atoms with Crippen LogP contribution in [0.4, 0.5) is 5.13 Å². The predicted octanol–water partition coefficient (Wildman–Crippen LogP) is 3.14. The number of hydrogen-bond acceptors (Lipinski definition) is 6. The van der Waals surface area contributed by atoms with Crippen molar-refractivity contribution in [2.75, 3.05) is 12.4 Å². The van der Waals surface area contributed by atoms with Crippen molar-refractivity contribution in [2.24, 2.45) is 0 Å². The molecule has 0 atom stereocenters. The van der Waals surface area contributed by atoms with Crippen LogP contribution in [0.25, 0.3) is 11.0 Å². The van der Waals surface area contributed by atoms with E-state index in [0.29, 0.717) is 5.13 Å². The van der Waals surface area contributed by atoms with E-state index in [1.165, 1.54) is 18.4 Å². The number of carbonyl (C=O) groups excluding carboxylic acids is 2. The van der Waals surface area contributed by atoms with Crippen LogP contribution in [0.1, 0.15) is 31.5 Å². The van der Waals surface area contributed by atoms with Gasteiger partial charge >= 0.3 is 5.97 Å². The molecule has 0 bridgehead atoms. The fraction of sp³-hybridized carbons (Fsp3) is 0.368. The number of nitrogens with one attached hydrogen (secondary N) is 1. The van der Waals surface area contributed by atoms with Crippen molar-refractivity contribution in [1.82, 2.24) is 14.5 Å². The number of rotatable bonds is 5. The lowest BCUT2D eigenvalue weighted by Crippen LogP contribution is -2.25. The molecule has 3 aromatic rings. The van der Waals surface area contributed by atoms with Crippen LogP contribution >= 0.6 is 11.3 Å². The monoisotopic (exact) mass is 386 g/mol. The van der Waals surface area contributed by atoms with Gasteiger partial charge in [0.2, 0.25) is 5.91 Å². The van der Waals surface area contributed by atoms with E-state index in [1.807, 2.05) is 28.8 Å². The molecule has 0 radical (unpaired) electrons. The normalized spacial score (nSPS) is 11.6. The van der Waals surface area contributed by atoms with Gasteiger partial charge in [0.15, 0.2) is 5.13 Å². The molecule has 2 heterocycles. The molecule has 8 heteroatoms. The molecule has 2 aromatic heterocycles. The van der Waals surface area contributed by atoms with Gasteiger partial charge in [-0.15, -0.1) is 11.3 Å². The van der Waals surface area contributed by atoms with Gasteiger partial charge in [-0.05, 0) is 12.1 Å². The van der Waals surface area contributed by atoms with Crippen LogP contribution in [-0.4, -0.2) is 33.5 Å². The molecule has 0 aliphatic carbocycles. The molecule has 0 aliphatic heterocycles. The first-order valence-electron chi connectivity index (χ1n) is 8.55. The van der Waals surface area contributed by atoms with E-state index in [-0.39, 0.29) is 30.3 Å². The number of carbonyl (C=O) groups is 2. The molecule has 1 aromatic carbocycles. The van der Waals surface area contributed by atoms with Gasteiger partial charge in [0.25, 0.3) is 0 Å². The number of hydrogen-bond donors (Lipinski definition) is 1. The molecule has 0 saturated heterocycles. The van der Waals surface area contributed by atoms with Gasteiger partial charge in [-0.3, -0.25) is 9.59 Å². The molecule has 0 aliphatic rings. The van der Waals surface area contributed by atoms with Crippen molar-refractivity contribution in [3.63, 3.8) is 0 Å². The van der Waals surface area contributed by atoms with E-state index in [2.05, 4.69) is 35.8 Å². The summed E-state index contributed by atoms with van der Waals surface area (Å²) in [6.45, 7) is 6.35. The molecular weight excluding hydrogens is 364 g/mol. The SMILES string of the molecule is COC(=O)Cc1cnc(NC(=O)Cn2c(C(C)(C)C)nc3ccccc32)s1. The molecular formula is C19H22N4O3S. The Kier molecular flexibility index (Phi) is 5.27. The number of thiazole rings is 1. The van der Waals surface area contributed by atoms with Gasteiger partial charge in [0, 0.05) is 16.5 Å². The number of anilines is 1. The molecule has 27 heavy (non-hydrogen) atoms. The number of esters is 1. The van der Waals surface area contributed by atoms with Gasteiger partial charge in [-0.1, -0.05) is 32.9 Å². The van der Waals surface area contributed by atoms with Crippen molar-refractivity contribution in [3.05, 3.63) is 41.2 Å². The van der Waals surface area contributed by atoms with Gasteiger partial charge < -0.3 is 14.6 Å². The third-order valence-electron chi connectivity index (χ3n) is 3.97. The Morgan fingerprint density at radius 1 is 1.26 bits per heavy atom. The Morgan fingerprint density at radius 2 is 2.00 bits per heavy atom. The number of aromatic nitrogens is 3. The Labute approximate surface area is 161 Å². The van der Waals surface area contributed by atoms with E-state index in [0.717, 1.165) is 21.7 Å². The van der Waals surface area contributed by atoms with E-state index in [9.17, 15) is 9.59 Å². The lowest BCUT2D eigenvalue weighted by Gasteiger charge is -2.19. The number of para-hydroxylation sites is 2. The third-order valence-corrected chi connectivity index (χ3v) is 4.89. The number of benzene rings is 1. The summed E-state index contributed by atoms with van der Waals surface area (Å²) in [6.07, 6.45) is 1.72.